The lowest BCUT2D eigenvalue weighted by molar-refractivity contribution is 0.100. The molecule has 4 aromatic rings. The smallest absolute Gasteiger partial charge is 0.193 e. The number of ketones is 1. The summed E-state index contributed by atoms with van der Waals surface area (Å²) in [5, 5.41) is 0.236. The van der Waals surface area contributed by atoms with Crippen molar-refractivity contribution in [2.75, 3.05) is 6.61 Å². The van der Waals surface area contributed by atoms with Crippen LogP contribution >= 0.6 is 0 Å². The molecule has 193 valence electrons. The molecule has 2 heterocycles. The molecule has 6 heteroatoms. The van der Waals surface area contributed by atoms with E-state index < -0.39 is 8.80 Å². The second kappa shape index (κ2) is 11.1. The van der Waals surface area contributed by atoms with Crippen LogP contribution in [0.2, 0.25) is 18.1 Å². The van der Waals surface area contributed by atoms with Crippen LogP contribution in [0.1, 0.15) is 64.9 Å². The van der Waals surface area contributed by atoms with Crippen molar-refractivity contribution < 1.29 is 9.53 Å². The summed E-state index contributed by atoms with van der Waals surface area (Å²) in [7, 11) is -0.430. The first-order valence-corrected chi connectivity index (χ1v) is 15.5. The number of imidazole rings is 1. The van der Waals surface area contributed by atoms with Gasteiger partial charge in [-0.2, -0.15) is 0 Å². The maximum absolute atomic E-state index is 13.3. The molecule has 0 aliphatic heterocycles. The van der Waals surface area contributed by atoms with Crippen molar-refractivity contribution in [3.63, 3.8) is 0 Å². The molecular formula is C31H38N3O2Si. The van der Waals surface area contributed by atoms with E-state index in [0.29, 0.717) is 24.3 Å². The Morgan fingerprint density at radius 3 is 2.38 bits per heavy atom. The summed E-state index contributed by atoms with van der Waals surface area (Å²) in [5.41, 5.74) is 7.49. The third kappa shape index (κ3) is 6.08. The van der Waals surface area contributed by atoms with Gasteiger partial charge in [0.25, 0.3) is 0 Å². The Labute approximate surface area is 222 Å². The number of rotatable bonds is 10. The van der Waals surface area contributed by atoms with Crippen LogP contribution in [0.25, 0.3) is 11.2 Å². The van der Waals surface area contributed by atoms with E-state index >= 15 is 0 Å². The third-order valence-electron chi connectivity index (χ3n) is 7.25. The molecule has 0 atom stereocenters. The lowest BCUT2D eigenvalue weighted by Gasteiger charge is -2.27. The minimum atomic E-state index is -0.430. The number of pyridine rings is 1. The summed E-state index contributed by atoms with van der Waals surface area (Å²) in [6, 6.07) is 17.8. The standard InChI is InChI=1S/C31H38N3O2Si/c1-8-27-33-28-21(2)16-22(3)32-30(28)34(27)18-24-10-9-11-26(17-24)29(35)25-14-12-23(13-15-25)19-36-20-31(4,5)37(6)7/h9-17H,8,18-20H2,1-7H3. The first-order chi connectivity index (χ1) is 17.6. The number of hydrogen-bond acceptors (Lipinski definition) is 4. The zero-order chi connectivity index (χ0) is 26.7. The Bertz CT molecular complexity index is 1400. The Hall–Kier alpha value is -3.09. The molecule has 0 saturated carbocycles. The molecule has 0 saturated heterocycles. The van der Waals surface area contributed by atoms with Gasteiger partial charge in [-0.1, -0.05) is 76.3 Å². The third-order valence-corrected chi connectivity index (χ3v) is 10.1. The Morgan fingerprint density at radius 2 is 1.70 bits per heavy atom. The fourth-order valence-electron chi connectivity index (χ4n) is 4.37. The summed E-state index contributed by atoms with van der Waals surface area (Å²) in [6.07, 6.45) is 0.819. The van der Waals surface area contributed by atoms with Crippen LogP contribution in [-0.4, -0.2) is 35.7 Å². The molecule has 2 aromatic carbocycles. The molecule has 0 unspecified atom stereocenters. The number of nitrogens with zero attached hydrogens (tertiary/aromatic N) is 3. The number of aromatic nitrogens is 3. The highest BCUT2D eigenvalue weighted by molar-refractivity contribution is 6.59. The number of ether oxygens (including phenoxy) is 1. The zero-order valence-corrected chi connectivity index (χ0v) is 24.2. The quantitative estimate of drug-likeness (QED) is 0.171. The molecule has 0 spiro atoms. The van der Waals surface area contributed by atoms with Crippen LogP contribution in [0.5, 0.6) is 0 Å². The van der Waals surface area contributed by atoms with E-state index in [1.165, 1.54) is 0 Å². The van der Waals surface area contributed by atoms with Crippen LogP contribution in [0.4, 0.5) is 0 Å². The van der Waals surface area contributed by atoms with Gasteiger partial charge in [0.05, 0.1) is 21.9 Å². The van der Waals surface area contributed by atoms with Crippen molar-refractivity contribution >= 4 is 25.7 Å². The molecule has 37 heavy (non-hydrogen) atoms. The summed E-state index contributed by atoms with van der Waals surface area (Å²) < 4.78 is 8.17. The molecule has 1 radical (unpaired) electrons. The van der Waals surface area contributed by atoms with Crippen LogP contribution in [-0.2, 0) is 24.3 Å². The van der Waals surface area contributed by atoms with Crippen molar-refractivity contribution in [2.24, 2.45) is 0 Å². The van der Waals surface area contributed by atoms with Gasteiger partial charge in [-0.15, -0.1) is 0 Å². The second-order valence-electron chi connectivity index (χ2n) is 10.8. The van der Waals surface area contributed by atoms with Crippen molar-refractivity contribution in [3.05, 3.63) is 93.9 Å². The number of aryl methyl sites for hydroxylation is 3. The van der Waals surface area contributed by atoms with E-state index in [2.05, 4.69) is 57.5 Å². The van der Waals surface area contributed by atoms with Gasteiger partial charge >= 0.3 is 0 Å². The topological polar surface area (TPSA) is 57.0 Å². The normalized spacial score (nSPS) is 12.0. The lowest BCUT2D eigenvalue weighted by atomic mass is 10.0. The van der Waals surface area contributed by atoms with E-state index in [0.717, 1.165) is 52.4 Å². The van der Waals surface area contributed by atoms with Gasteiger partial charge in [-0.3, -0.25) is 4.79 Å². The number of carbonyl (C=O) groups excluding carboxylic acids is 1. The average molecular weight is 513 g/mol. The SMILES string of the molecule is CCc1nc2c(C)cc(C)nc2n1Cc1cccc(C(=O)c2ccc(COCC(C)(C)[Si](C)C)cc2)c1. The monoisotopic (exact) mass is 512 g/mol. The maximum atomic E-state index is 13.3. The molecule has 0 aliphatic rings. The molecule has 0 N–H and O–H groups in total. The molecular weight excluding hydrogens is 474 g/mol. The fourth-order valence-corrected chi connectivity index (χ4v) is 4.76. The van der Waals surface area contributed by atoms with Gasteiger partial charge in [0, 0.05) is 29.8 Å². The molecule has 0 aliphatic carbocycles. The summed E-state index contributed by atoms with van der Waals surface area (Å²) in [5.74, 6) is 1.03. The van der Waals surface area contributed by atoms with E-state index in [9.17, 15) is 4.79 Å². The predicted molar refractivity (Wildman–Crippen MR) is 153 cm³/mol. The van der Waals surface area contributed by atoms with Gasteiger partial charge in [-0.25, -0.2) is 9.97 Å². The summed E-state index contributed by atoms with van der Waals surface area (Å²) in [4.78, 5) is 22.9. The Morgan fingerprint density at radius 1 is 0.973 bits per heavy atom. The van der Waals surface area contributed by atoms with Crippen molar-refractivity contribution in [2.45, 2.75) is 72.3 Å². The van der Waals surface area contributed by atoms with Gasteiger partial charge in [0.2, 0.25) is 0 Å². The molecule has 0 amide bonds. The van der Waals surface area contributed by atoms with Crippen LogP contribution in [0.15, 0.2) is 54.6 Å². The van der Waals surface area contributed by atoms with Crippen LogP contribution in [0.3, 0.4) is 0 Å². The van der Waals surface area contributed by atoms with Gasteiger partial charge in [-0.05, 0) is 47.7 Å². The first kappa shape index (κ1) is 27.0. The number of hydrogen-bond donors (Lipinski definition) is 0. The van der Waals surface area contributed by atoms with E-state index in [1.807, 2.05) is 49.4 Å². The Balaban J connectivity index is 1.49. The van der Waals surface area contributed by atoms with Crippen molar-refractivity contribution in [1.29, 1.82) is 0 Å². The van der Waals surface area contributed by atoms with E-state index in [4.69, 9.17) is 14.7 Å². The lowest BCUT2D eigenvalue weighted by Crippen LogP contribution is -2.26. The fraction of sp³-hybridized carbons (Fsp3) is 0.387. The molecule has 0 bridgehead atoms. The van der Waals surface area contributed by atoms with Crippen molar-refractivity contribution in [1.82, 2.24) is 14.5 Å². The first-order valence-electron chi connectivity index (χ1n) is 13.0. The highest BCUT2D eigenvalue weighted by atomic mass is 28.3. The second-order valence-corrected chi connectivity index (χ2v) is 14.2. The summed E-state index contributed by atoms with van der Waals surface area (Å²) >= 11 is 0. The number of fused-ring (bicyclic) bond motifs is 1. The molecule has 2 aromatic heterocycles. The zero-order valence-electron chi connectivity index (χ0n) is 23.2. The minimum Gasteiger partial charge on any atom is -0.377 e. The van der Waals surface area contributed by atoms with E-state index in [-0.39, 0.29) is 10.8 Å². The van der Waals surface area contributed by atoms with Gasteiger partial charge in [0.1, 0.15) is 11.3 Å². The highest BCUT2D eigenvalue weighted by Crippen LogP contribution is 2.28. The Kier molecular flexibility index (Phi) is 8.10. The highest BCUT2D eigenvalue weighted by Gasteiger charge is 2.23. The maximum Gasteiger partial charge on any atom is 0.193 e. The molecule has 0 fully saturated rings. The number of carbonyl (C=O) groups is 1. The molecule has 5 nitrogen and oxygen atoms in total. The predicted octanol–water partition coefficient (Wildman–Crippen LogP) is 6.94. The molecule has 4 rings (SSSR count). The van der Waals surface area contributed by atoms with Gasteiger partial charge < -0.3 is 9.30 Å². The average Bonchev–Trinajstić information content (AvgIpc) is 3.21. The van der Waals surface area contributed by atoms with Gasteiger partial charge in [0.15, 0.2) is 11.4 Å². The van der Waals surface area contributed by atoms with E-state index in [1.54, 1.807) is 0 Å². The minimum absolute atomic E-state index is 0.0238. The van der Waals surface area contributed by atoms with Crippen molar-refractivity contribution in [3.8, 4) is 0 Å². The summed E-state index contributed by atoms with van der Waals surface area (Å²) in [6.45, 7) is 17.3. The largest absolute Gasteiger partial charge is 0.377 e. The van der Waals surface area contributed by atoms with Crippen LogP contribution in [0, 0.1) is 13.8 Å². The number of benzene rings is 2. The van der Waals surface area contributed by atoms with Crippen LogP contribution < -0.4 is 0 Å².